The molecule has 0 radical (unpaired) electrons. The highest BCUT2D eigenvalue weighted by molar-refractivity contribution is 6.30. The summed E-state index contributed by atoms with van der Waals surface area (Å²) in [6.45, 7) is 1.32. The fourth-order valence-electron chi connectivity index (χ4n) is 3.68. The normalized spacial score (nSPS) is 24.3. The quantitative estimate of drug-likeness (QED) is 0.851. The topological polar surface area (TPSA) is 49.9 Å². The molecule has 2 saturated heterocycles. The maximum atomic E-state index is 12.7. The highest BCUT2D eigenvalue weighted by atomic mass is 35.5. The predicted octanol–water partition coefficient (Wildman–Crippen LogP) is 2.33. The van der Waals surface area contributed by atoms with E-state index in [9.17, 15) is 9.59 Å². The minimum absolute atomic E-state index is 0.0670. The zero-order valence-electron chi connectivity index (χ0n) is 13.3. The van der Waals surface area contributed by atoms with Gasteiger partial charge in [-0.1, -0.05) is 17.7 Å². The molecule has 0 aromatic heterocycles. The molecule has 23 heavy (non-hydrogen) atoms. The van der Waals surface area contributed by atoms with Gasteiger partial charge in [0.2, 0.25) is 5.91 Å². The molecule has 2 aliphatic heterocycles. The van der Waals surface area contributed by atoms with Gasteiger partial charge in [0.05, 0.1) is 0 Å². The van der Waals surface area contributed by atoms with E-state index in [1.807, 2.05) is 7.05 Å². The molecule has 1 aromatic rings. The first-order valence-corrected chi connectivity index (χ1v) is 8.35. The summed E-state index contributed by atoms with van der Waals surface area (Å²) in [5.41, 5.74) is -0.651. The Morgan fingerprint density at radius 3 is 2.78 bits per heavy atom. The standard InChI is InChI=1S/C17H21ClN2O3/c1-19-9-3-7-17(16(19)22)8-4-10-20(17)15(21)12-23-14-6-2-5-13(18)11-14/h2,5-6,11H,3-4,7-10,12H2,1H3. The number of carbonyl (C=O) groups is 2. The van der Waals surface area contributed by atoms with E-state index in [4.69, 9.17) is 16.3 Å². The molecule has 6 heteroatoms. The van der Waals surface area contributed by atoms with Gasteiger partial charge in [0, 0.05) is 25.2 Å². The van der Waals surface area contributed by atoms with Gasteiger partial charge in [-0.15, -0.1) is 0 Å². The Bertz CT molecular complexity index is 622. The fraction of sp³-hybridized carbons (Fsp3) is 0.529. The van der Waals surface area contributed by atoms with E-state index in [2.05, 4.69) is 0 Å². The molecule has 1 aromatic carbocycles. The minimum Gasteiger partial charge on any atom is -0.484 e. The van der Waals surface area contributed by atoms with Crippen molar-refractivity contribution in [1.29, 1.82) is 0 Å². The molecule has 0 saturated carbocycles. The molecule has 1 atom stereocenters. The van der Waals surface area contributed by atoms with Gasteiger partial charge in [0.25, 0.3) is 5.91 Å². The summed E-state index contributed by atoms with van der Waals surface area (Å²) >= 11 is 5.91. The summed E-state index contributed by atoms with van der Waals surface area (Å²) in [4.78, 5) is 28.8. The molecule has 1 unspecified atom stereocenters. The number of hydrogen-bond donors (Lipinski definition) is 0. The first-order chi connectivity index (χ1) is 11.0. The molecular weight excluding hydrogens is 316 g/mol. The maximum Gasteiger partial charge on any atom is 0.261 e. The second kappa shape index (κ2) is 6.40. The maximum absolute atomic E-state index is 12.7. The molecule has 1 spiro atoms. The summed E-state index contributed by atoms with van der Waals surface area (Å²) in [5, 5.41) is 0.566. The zero-order chi connectivity index (χ0) is 16.4. The lowest BCUT2D eigenvalue weighted by Gasteiger charge is -2.43. The van der Waals surface area contributed by atoms with Crippen LogP contribution in [0.3, 0.4) is 0 Å². The number of likely N-dealkylation sites (N-methyl/N-ethyl adjacent to an activating group) is 1. The number of carbonyl (C=O) groups excluding carboxylic acids is 2. The van der Waals surface area contributed by atoms with Crippen molar-refractivity contribution >= 4 is 23.4 Å². The Kier molecular flexibility index (Phi) is 4.48. The SMILES string of the molecule is CN1CCCC2(CCCN2C(=O)COc2cccc(Cl)c2)C1=O. The van der Waals surface area contributed by atoms with E-state index < -0.39 is 5.54 Å². The Balaban J connectivity index is 1.70. The molecule has 2 fully saturated rings. The van der Waals surface area contributed by atoms with Crippen LogP contribution in [0.4, 0.5) is 0 Å². The van der Waals surface area contributed by atoms with E-state index in [-0.39, 0.29) is 18.4 Å². The first kappa shape index (κ1) is 16.1. The van der Waals surface area contributed by atoms with Crippen LogP contribution in [0.2, 0.25) is 5.02 Å². The van der Waals surface area contributed by atoms with E-state index >= 15 is 0 Å². The van der Waals surface area contributed by atoms with Gasteiger partial charge in [-0.3, -0.25) is 9.59 Å². The van der Waals surface area contributed by atoms with Crippen molar-refractivity contribution in [3.8, 4) is 5.75 Å². The van der Waals surface area contributed by atoms with E-state index in [1.165, 1.54) is 0 Å². The van der Waals surface area contributed by atoms with Crippen LogP contribution >= 0.6 is 11.6 Å². The second-order valence-corrected chi connectivity index (χ2v) is 6.69. The lowest BCUT2D eigenvalue weighted by Crippen LogP contribution is -2.61. The van der Waals surface area contributed by atoms with Gasteiger partial charge < -0.3 is 14.5 Å². The molecule has 0 N–H and O–H groups in total. The predicted molar refractivity (Wildman–Crippen MR) is 87.5 cm³/mol. The number of nitrogens with zero attached hydrogens (tertiary/aromatic N) is 2. The summed E-state index contributed by atoms with van der Waals surface area (Å²) in [5.74, 6) is 0.495. The number of halogens is 1. The van der Waals surface area contributed by atoms with Crippen LogP contribution in [-0.2, 0) is 9.59 Å². The van der Waals surface area contributed by atoms with Crippen LogP contribution in [0.5, 0.6) is 5.75 Å². The third-order valence-corrected chi connectivity index (χ3v) is 5.01. The highest BCUT2D eigenvalue weighted by Crippen LogP contribution is 2.37. The van der Waals surface area contributed by atoms with Gasteiger partial charge in [-0.2, -0.15) is 0 Å². The Morgan fingerprint density at radius 2 is 2.04 bits per heavy atom. The summed E-state index contributed by atoms with van der Waals surface area (Å²) in [7, 11) is 1.81. The number of likely N-dealkylation sites (tertiary alicyclic amines) is 2. The van der Waals surface area contributed by atoms with Crippen LogP contribution in [0.15, 0.2) is 24.3 Å². The molecule has 0 bridgehead atoms. The third-order valence-electron chi connectivity index (χ3n) is 4.78. The van der Waals surface area contributed by atoms with Crippen molar-refractivity contribution in [2.75, 3.05) is 26.7 Å². The van der Waals surface area contributed by atoms with Crippen molar-refractivity contribution in [1.82, 2.24) is 9.80 Å². The van der Waals surface area contributed by atoms with Crippen LogP contribution in [0.1, 0.15) is 25.7 Å². The van der Waals surface area contributed by atoms with Gasteiger partial charge in [0.15, 0.2) is 6.61 Å². The average Bonchev–Trinajstić information content (AvgIpc) is 2.95. The van der Waals surface area contributed by atoms with Crippen LogP contribution in [0, 0.1) is 0 Å². The van der Waals surface area contributed by atoms with Crippen LogP contribution < -0.4 is 4.74 Å². The van der Waals surface area contributed by atoms with Gasteiger partial charge >= 0.3 is 0 Å². The number of hydrogen-bond acceptors (Lipinski definition) is 3. The van der Waals surface area contributed by atoms with E-state index in [0.29, 0.717) is 17.3 Å². The summed E-state index contributed by atoms with van der Waals surface area (Å²) in [6.07, 6.45) is 3.29. The Morgan fingerprint density at radius 1 is 1.30 bits per heavy atom. The Hall–Kier alpha value is -1.75. The van der Waals surface area contributed by atoms with Gasteiger partial charge in [-0.05, 0) is 43.9 Å². The molecule has 0 aliphatic carbocycles. The van der Waals surface area contributed by atoms with Crippen molar-refractivity contribution in [3.63, 3.8) is 0 Å². The van der Waals surface area contributed by atoms with Crippen LogP contribution in [0.25, 0.3) is 0 Å². The molecule has 124 valence electrons. The fourth-order valence-corrected chi connectivity index (χ4v) is 3.86. The van der Waals surface area contributed by atoms with Crippen molar-refractivity contribution in [3.05, 3.63) is 29.3 Å². The monoisotopic (exact) mass is 336 g/mol. The molecule has 2 amide bonds. The number of piperidine rings is 1. The number of amides is 2. The second-order valence-electron chi connectivity index (χ2n) is 6.26. The lowest BCUT2D eigenvalue weighted by atomic mass is 9.85. The largest absolute Gasteiger partial charge is 0.484 e. The van der Waals surface area contributed by atoms with Gasteiger partial charge in [0.1, 0.15) is 11.3 Å². The van der Waals surface area contributed by atoms with E-state index in [1.54, 1.807) is 34.1 Å². The van der Waals surface area contributed by atoms with E-state index in [0.717, 1.165) is 32.2 Å². The molecule has 2 heterocycles. The lowest BCUT2D eigenvalue weighted by molar-refractivity contribution is -0.155. The number of ether oxygens (including phenoxy) is 1. The first-order valence-electron chi connectivity index (χ1n) is 7.97. The van der Waals surface area contributed by atoms with Crippen molar-refractivity contribution in [2.45, 2.75) is 31.2 Å². The minimum atomic E-state index is -0.651. The molecule has 3 rings (SSSR count). The molecular formula is C17H21ClN2O3. The zero-order valence-corrected chi connectivity index (χ0v) is 14.0. The molecule has 5 nitrogen and oxygen atoms in total. The van der Waals surface area contributed by atoms with Gasteiger partial charge in [-0.25, -0.2) is 0 Å². The smallest absolute Gasteiger partial charge is 0.261 e. The van der Waals surface area contributed by atoms with Crippen molar-refractivity contribution in [2.24, 2.45) is 0 Å². The summed E-state index contributed by atoms with van der Waals surface area (Å²) in [6, 6.07) is 6.97. The highest BCUT2D eigenvalue weighted by Gasteiger charge is 2.51. The third kappa shape index (κ3) is 3.02. The Labute approximate surface area is 141 Å². The number of benzene rings is 1. The van der Waals surface area contributed by atoms with Crippen molar-refractivity contribution < 1.29 is 14.3 Å². The average molecular weight is 337 g/mol. The molecule has 2 aliphatic rings. The van der Waals surface area contributed by atoms with Crippen LogP contribution in [-0.4, -0.2) is 53.9 Å². The number of rotatable bonds is 3. The summed E-state index contributed by atoms with van der Waals surface area (Å²) < 4.78 is 5.56.